The number of hydrogen-bond acceptors (Lipinski definition) is 4. The summed E-state index contributed by atoms with van der Waals surface area (Å²) in [7, 11) is -0.410. The minimum Gasteiger partial charge on any atom is -0.399 e. The first kappa shape index (κ1) is 30.1. The second-order valence-corrected chi connectivity index (χ2v) is 16.8. The molecule has 1 aromatic carbocycles. The number of aromatic nitrogens is 2. The molecular formula is C30H38F4N4OSi. The van der Waals surface area contributed by atoms with Crippen molar-refractivity contribution in [2.45, 2.75) is 76.2 Å². The van der Waals surface area contributed by atoms with Crippen molar-refractivity contribution in [1.29, 1.82) is 0 Å². The Labute approximate surface area is 235 Å². The van der Waals surface area contributed by atoms with E-state index in [1.54, 1.807) is 18.3 Å². The van der Waals surface area contributed by atoms with E-state index in [-0.39, 0.29) is 16.4 Å². The predicted octanol–water partition coefficient (Wildman–Crippen LogP) is 7.01. The lowest BCUT2D eigenvalue weighted by molar-refractivity contribution is -0.128. The smallest absolute Gasteiger partial charge is 0.394 e. The number of rotatable bonds is 6. The van der Waals surface area contributed by atoms with Gasteiger partial charge in [0.25, 0.3) is 0 Å². The molecule has 1 saturated heterocycles. The minimum absolute atomic E-state index is 0.0338. The van der Waals surface area contributed by atoms with Gasteiger partial charge in [-0.05, 0) is 55.2 Å². The molecule has 0 saturated carbocycles. The SMILES string of the molecule is CN1CC[C@@H](Nc2cccn3c(CC(F)(F)F)c(C#C[C@@H](O[Si](C)(C)C(C)(C)C)c4ccccc4)nc23)[C@@H](F)C1. The molecule has 2 aromatic heterocycles. The molecule has 0 amide bonds. The lowest BCUT2D eigenvalue weighted by Gasteiger charge is -2.38. The highest BCUT2D eigenvalue weighted by atomic mass is 28.4. The Hall–Kier alpha value is -2.87. The maximum atomic E-state index is 14.8. The van der Waals surface area contributed by atoms with Gasteiger partial charge in [-0.15, -0.1) is 0 Å². The number of pyridine rings is 1. The number of nitrogens with one attached hydrogen (secondary N) is 1. The Morgan fingerprint density at radius 2 is 1.82 bits per heavy atom. The molecule has 5 nitrogen and oxygen atoms in total. The van der Waals surface area contributed by atoms with E-state index in [2.05, 4.69) is 56.0 Å². The van der Waals surface area contributed by atoms with Crippen molar-refractivity contribution in [3.8, 4) is 11.8 Å². The first-order valence-electron chi connectivity index (χ1n) is 13.5. The van der Waals surface area contributed by atoms with Crippen molar-refractivity contribution in [1.82, 2.24) is 14.3 Å². The van der Waals surface area contributed by atoms with Crippen molar-refractivity contribution in [3.05, 3.63) is 65.6 Å². The van der Waals surface area contributed by atoms with Crippen molar-refractivity contribution in [3.63, 3.8) is 0 Å². The van der Waals surface area contributed by atoms with Crippen LogP contribution in [0.3, 0.4) is 0 Å². The van der Waals surface area contributed by atoms with E-state index < -0.39 is 39.2 Å². The highest BCUT2D eigenvalue weighted by Crippen LogP contribution is 2.39. The first-order chi connectivity index (χ1) is 18.6. The summed E-state index contributed by atoms with van der Waals surface area (Å²) >= 11 is 0. The number of anilines is 1. The van der Waals surface area contributed by atoms with Crippen LogP contribution < -0.4 is 5.32 Å². The van der Waals surface area contributed by atoms with Gasteiger partial charge in [0.15, 0.2) is 14.0 Å². The van der Waals surface area contributed by atoms with Gasteiger partial charge in [-0.1, -0.05) is 57.0 Å². The lowest BCUT2D eigenvalue weighted by atomic mass is 10.0. The largest absolute Gasteiger partial charge is 0.399 e. The quantitative estimate of drug-likeness (QED) is 0.195. The molecule has 216 valence electrons. The number of imidazole rings is 1. The standard InChI is InChI=1S/C30H38F4N4OSi/c1-29(2,3)40(5,6)39-27(21-11-8-7-9-12-21)15-14-24-26(19-30(32,33)34)38-17-10-13-25(28(38)36-24)35-23-16-18-37(4)20-22(23)31/h7-13,17,22-23,27,35H,16,18-20H2,1-6H3/t22-,23+,27+/m0/s1. The average Bonchev–Trinajstić information content (AvgIpc) is 3.20. The van der Waals surface area contributed by atoms with Crippen LogP contribution in [0, 0.1) is 11.8 Å². The molecular weight excluding hydrogens is 536 g/mol. The van der Waals surface area contributed by atoms with Crippen LogP contribution in [-0.4, -0.2) is 61.1 Å². The van der Waals surface area contributed by atoms with E-state index in [9.17, 15) is 17.6 Å². The molecule has 0 aliphatic carbocycles. The van der Waals surface area contributed by atoms with Gasteiger partial charge in [0.05, 0.1) is 23.8 Å². The zero-order valence-corrected chi connectivity index (χ0v) is 24.9. The summed E-state index contributed by atoms with van der Waals surface area (Å²) in [6.45, 7) is 11.6. The number of alkyl halides is 4. The number of likely N-dealkylation sites (tertiary alicyclic amines) is 1. The summed E-state index contributed by atoms with van der Waals surface area (Å²) < 4.78 is 64.0. The number of fused-ring (bicyclic) bond motifs is 1. The van der Waals surface area contributed by atoms with Gasteiger partial charge in [-0.2, -0.15) is 13.2 Å². The third-order valence-electron chi connectivity index (χ3n) is 7.84. The van der Waals surface area contributed by atoms with Gasteiger partial charge < -0.3 is 19.0 Å². The zero-order chi connectivity index (χ0) is 29.3. The van der Waals surface area contributed by atoms with Gasteiger partial charge in [0.1, 0.15) is 18.0 Å². The molecule has 10 heteroatoms. The van der Waals surface area contributed by atoms with Gasteiger partial charge >= 0.3 is 6.18 Å². The molecule has 0 unspecified atom stereocenters. The van der Waals surface area contributed by atoms with E-state index in [0.717, 1.165) is 12.1 Å². The molecule has 3 aromatic rings. The molecule has 0 bridgehead atoms. The Kier molecular flexibility index (Phi) is 8.69. The van der Waals surface area contributed by atoms with E-state index in [0.29, 0.717) is 24.3 Å². The van der Waals surface area contributed by atoms with E-state index in [1.807, 2.05) is 42.3 Å². The Morgan fingerprint density at radius 1 is 1.12 bits per heavy atom. The third-order valence-corrected chi connectivity index (χ3v) is 12.3. The van der Waals surface area contributed by atoms with Crippen LogP contribution in [0.4, 0.5) is 23.2 Å². The molecule has 40 heavy (non-hydrogen) atoms. The molecule has 0 spiro atoms. The summed E-state index contributed by atoms with van der Waals surface area (Å²) in [6.07, 6.45) is -5.28. The van der Waals surface area contributed by atoms with Crippen LogP contribution in [0.25, 0.3) is 5.65 Å². The molecule has 1 aliphatic rings. The fraction of sp³-hybridized carbons (Fsp3) is 0.500. The number of halogens is 4. The molecule has 1 N–H and O–H groups in total. The monoisotopic (exact) mass is 574 g/mol. The molecule has 3 atom stereocenters. The molecule has 0 radical (unpaired) electrons. The number of benzene rings is 1. The molecule has 3 heterocycles. The zero-order valence-electron chi connectivity index (χ0n) is 23.9. The maximum Gasteiger partial charge on any atom is 0.394 e. The third kappa shape index (κ3) is 7.06. The predicted molar refractivity (Wildman–Crippen MR) is 154 cm³/mol. The second kappa shape index (κ2) is 11.5. The summed E-state index contributed by atoms with van der Waals surface area (Å²) in [6, 6.07) is 12.4. The van der Waals surface area contributed by atoms with E-state index in [1.165, 1.54) is 4.40 Å². The number of hydrogen-bond donors (Lipinski definition) is 1. The van der Waals surface area contributed by atoms with Crippen LogP contribution in [0.1, 0.15) is 50.2 Å². The van der Waals surface area contributed by atoms with Crippen LogP contribution in [0.2, 0.25) is 18.1 Å². The maximum absolute atomic E-state index is 14.8. The Bertz CT molecular complexity index is 1370. The molecule has 4 rings (SSSR count). The van der Waals surface area contributed by atoms with Crippen LogP contribution >= 0.6 is 0 Å². The van der Waals surface area contributed by atoms with Crippen molar-refractivity contribution >= 4 is 19.7 Å². The fourth-order valence-electron chi connectivity index (χ4n) is 4.52. The van der Waals surface area contributed by atoms with Gasteiger partial charge in [-0.25, -0.2) is 9.37 Å². The number of piperidine rings is 1. The second-order valence-electron chi connectivity index (χ2n) is 12.1. The summed E-state index contributed by atoms with van der Waals surface area (Å²) in [5.41, 5.74) is 1.58. The van der Waals surface area contributed by atoms with E-state index >= 15 is 0 Å². The van der Waals surface area contributed by atoms with Gasteiger partial charge in [0, 0.05) is 19.3 Å². The molecule has 1 aliphatic heterocycles. The van der Waals surface area contributed by atoms with Gasteiger partial charge in [-0.3, -0.25) is 0 Å². The van der Waals surface area contributed by atoms with Crippen LogP contribution in [0.5, 0.6) is 0 Å². The summed E-state index contributed by atoms with van der Waals surface area (Å²) in [4.78, 5) is 6.48. The highest BCUT2D eigenvalue weighted by Gasteiger charge is 2.39. The van der Waals surface area contributed by atoms with Crippen molar-refractivity contribution in [2.75, 3.05) is 25.5 Å². The molecule has 1 fully saturated rings. The van der Waals surface area contributed by atoms with Crippen LogP contribution in [0.15, 0.2) is 48.7 Å². The average molecular weight is 575 g/mol. The van der Waals surface area contributed by atoms with Crippen molar-refractivity contribution in [2.24, 2.45) is 0 Å². The fourth-order valence-corrected chi connectivity index (χ4v) is 5.66. The van der Waals surface area contributed by atoms with Crippen LogP contribution in [-0.2, 0) is 10.8 Å². The first-order valence-corrected chi connectivity index (χ1v) is 16.5. The lowest BCUT2D eigenvalue weighted by Crippen LogP contribution is -2.46. The summed E-state index contributed by atoms with van der Waals surface area (Å²) in [5, 5.41) is 3.11. The van der Waals surface area contributed by atoms with Crippen molar-refractivity contribution < 1.29 is 22.0 Å². The van der Waals surface area contributed by atoms with E-state index in [4.69, 9.17) is 4.43 Å². The minimum atomic E-state index is -4.47. The number of nitrogens with zero attached hydrogens (tertiary/aromatic N) is 3. The highest BCUT2D eigenvalue weighted by molar-refractivity contribution is 6.74. The normalized spacial score (nSPS) is 19.8. The Morgan fingerprint density at radius 3 is 2.45 bits per heavy atom. The van der Waals surface area contributed by atoms with Gasteiger partial charge in [0.2, 0.25) is 0 Å². The Balaban J connectivity index is 1.77. The summed E-state index contributed by atoms with van der Waals surface area (Å²) in [5.74, 6) is 6.06. The topological polar surface area (TPSA) is 41.8 Å².